The van der Waals surface area contributed by atoms with Crippen molar-refractivity contribution < 1.29 is 38.8 Å². The highest BCUT2D eigenvalue weighted by Crippen LogP contribution is 2.61. The third kappa shape index (κ3) is 8.01. The van der Waals surface area contributed by atoms with Crippen molar-refractivity contribution in [2.45, 2.75) is 53.9 Å². The predicted octanol–water partition coefficient (Wildman–Crippen LogP) is 2.08. The molecule has 0 aliphatic carbocycles. The van der Waals surface area contributed by atoms with Gasteiger partial charge in [-0.1, -0.05) is 48.5 Å². The Morgan fingerprint density at radius 2 is 0.781 bits per heavy atom. The minimum absolute atomic E-state index is 0. The summed E-state index contributed by atoms with van der Waals surface area (Å²) in [5.41, 5.74) is 4.38. The van der Waals surface area contributed by atoms with Crippen LogP contribution in [-0.2, 0) is 12.3 Å². The van der Waals surface area contributed by atoms with Crippen LogP contribution in [0.4, 0.5) is 0 Å². The summed E-state index contributed by atoms with van der Waals surface area (Å²) in [5, 5.41) is 0. The predicted molar refractivity (Wildman–Crippen MR) is 141 cm³/mol. The summed E-state index contributed by atoms with van der Waals surface area (Å²) in [5.74, 6) is 0.137. The molecule has 0 fully saturated rings. The summed E-state index contributed by atoms with van der Waals surface area (Å²) < 4.78 is 0. The fourth-order valence-corrected chi connectivity index (χ4v) is 10.5. The number of hydrogen-bond donors (Lipinski definition) is 0. The summed E-state index contributed by atoms with van der Waals surface area (Å²) in [4.78, 5) is 13.0. The van der Waals surface area contributed by atoms with E-state index in [1.165, 1.54) is 60.4 Å². The van der Waals surface area contributed by atoms with Gasteiger partial charge in [-0.2, -0.15) is 0 Å². The van der Waals surface area contributed by atoms with Gasteiger partial charge in [-0.15, -0.1) is 0 Å². The molecule has 0 unspecified atom stereocenters. The van der Waals surface area contributed by atoms with Crippen molar-refractivity contribution in [1.29, 1.82) is 0 Å². The van der Waals surface area contributed by atoms with Crippen LogP contribution >= 0.6 is 14.5 Å². The average Bonchev–Trinajstić information content (AvgIpc) is 2.81. The molecule has 0 radical (unpaired) electrons. The lowest BCUT2D eigenvalue weighted by atomic mass is 10.0. The van der Waals surface area contributed by atoms with Crippen LogP contribution < -0.4 is 34.0 Å². The minimum Gasteiger partial charge on any atom is -1.00 e. The number of benzene rings is 2. The summed E-state index contributed by atoms with van der Waals surface area (Å²) in [6, 6.07) is 16.8. The van der Waals surface area contributed by atoms with Crippen LogP contribution in [0.3, 0.4) is 0 Å². The molecule has 2 aromatic rings. The van der Waals surface area contributed by atoms with Crippen molar-refractivity contribution >= 4 is 20.3 Å². The van der Waals surface area contributed by atoms with Crippen LogP contribution in [0, 0.1) is 0 Å². The topological polar surface area (TPSA) is 17.1 Å². The van der Waals surface area contributed by atoms with E-state index in [0.717, 1.165) is 11.1 Å². The van der Waals surface area contributed by atoms with Gasteiger partial charge in [-0.3, -0.25) is 4.79 Å². The van der Waals surface area contributed by atoms with E-state index in [9.17, 15) is 4.79 Å². The molecule has 0 amide bonds. The Morgan fingerprint density at radius 3 is 1.00 bits per heavy atom. The maximum Gasteiger partial charge on any atom is 0.193 e. The maximum absolute atomic E-state index is 13.0. The molecule has 2 aromatic carbocycles. The fraction of sp³-hybridized carbons (Fsp3) is 0.519. The molecule has 2 rings (SSSR count). The quantitative estimate of drug-likeness (QED) is 0.268. The van der Waals surface area contributed by atoms with Crippen LogP contribution in [0.1, 0.15) is 68.6 Å². The Morgan fingerprint density at radius 1 is 0.531 bits per heavy atom. The zero-order chi connectivity index (χ0) is 22.2. The molecule has 0 heterocycles. The maximum atomic E-state index is 13.0. The van der Waals surface area contributed by atoms with Crippen LogP contribution in [0.5, 0.6) is 0 Å². The molecule has 0 aliphatic heterocycles. The molecule has 180 valence electrons. The third-order valence-corrected chi connectivity index (χ3v) is 17.6. The van der Waals surface area contributed by atoms with Gasteiger partial charge >= 0.3 is 0 Å². The van der Waals surface area contributed by atoms with Gasteiger partial charge in [0.15, 0.2) is 5.78 Å². The first-order chi connectivity index (χ1) is 14.4. The van der Waals surface area contributed by atoms with Crippen LogP contribution in [0.15, 0.2) is 48.5 Å². The Hall–Kier alpha value is -0.0700. The van der Waals surface area contributed by atoms with Gasteiger partial charge in [0.2, 0.25) is 0 Å². The van der Waals surface area contributed by atoms with Crippen LogP contribution in [0.2, 0.25) is 0 Å². The summed E-state index contributed by atoms with van der Waals surface area (Å²) >= 11 is 0. The molecule has 0 N–H and O–H groups in total. The van der Waals surface area contributed by atoms with Crippen molar-refractivity contribution in [2.24, 2.45) is 0 Å². The molecule has 0 aliphatic rings. The number of ketones is 1. The van der Waals surface area contributed by atoms with E-state index in [1.807, 2.05) is 24.3 Å². The summed E-state index contributed by atoms with van der Waals surface area (Å²) in [7, 11) is -1.74. The molecular formula is C27H42Br2OP2. The molecule has 5 heteroatoms. The fourth-order valence-electron chi connectivity index (χ4n) is 4.48. The molecule has 1 nitrogen and oxygen atoms in total. The van der Waals surface area contributed by atoms with Crippen molar-refractivity contribution in [3.8, 4) is 0 Å². The van der Waals surface area contributed by atoms with E-state index in [0.29, 0.717) is 0 Å². The Labute approximate surface area is 219 Å². The van der Waals surface area contributed by atoms with Gasteiger partial charge in [-0.25, -0.2) is 0 Å². The highest BCUT2D eigenvalue weighted by atomic mass is 79.9. The van der Waals surface area contributed by atoms with Gasteiger partial charge in [0, 0.05) is 25.7 Å². The van der Waals surface area contributed by atoms with Crippen LogP contribution in [-0.4, -0.2) is 42.8 Å². The Balaban J connectivity index is 0.00000480. The third-order valence-electron chi connectivity index (χ3n) is 7.49. The first-order valence-electron chi connectivity index (χ1n) is 11.8. The van der Waals surface area contributed by atoms with E-state index in [-0.39, 0.29) is 39.7 Å². The number of carbonyl (C=O) groups is 1. The smallest absolute Gasteiger partial charge is 0.193 e. The van der Waals surface area contributed by atoms with E-state index in [4.69, 9.17) is 0 Å². The van der Waals surface area contributed by atoms with Gasteiger partial charge < -0.3 is 34.0 Å². The lowest BCUT2D eigenvalue weighted by molar-refractivity contribution is -0.00100. The van der Waals surface area contributed by atoms with E-state index < -0.39 is 14.5 Å². The highest BCUT2D eigenvalue weighted by molar-refractivity contribution is 7.75. The lowest BCUT2D eigenvalue weighted by Crippen LogP contribution is -3.00. The Kier molecular flexibility index (Phi) is 15.0. The van der Waals surface area contributed by atoms with E-state index in [1.54, 1.807) is 0 Å². The van der Waals surface area contributed by atoms with Crippen LogP contribution in [0.25, 0.3) is 0 Å². The number of hydrogen-bond acceptors (Lipinski definition) is 1. The first kappa shape index (κ1) is 31.9. The van der Waals surface area contributed by atoms with Gasteiger partial charge in [0.05, 0.1) is 49.3 Å². The zero-order valence-corrected chi connectivity index (χ0v) is 25.8. The monoisotopic (exact) mass is 602 g/mol. The Bertz CT molecular complexity index is 711. The second kappa shape index (κ2) is 15.0. The molecule has 0 aromatic heterocycles. The summed E-state index contributed by atoms with van der Waals surface area (Å²) in [6.07, 6.45) is 10.3. The van der Waals surface area contributed by atoms with Gasteiger partial charge in [-0.05, 0) is 52.7 Å². The van der Waals surface area contributed by atoms with Gasteiger partial charge in [0.25, 0.3) is 0 Å². The molecule has 0 spiro atoms. The second-order valence-electron chi connectivity index (χ2n) is 8.62. The minimum atomic E-state index is -0.871. The summed E-state index contributed by atoms with van der Waals surface area (Å²) in [6.45, 7) is 14.1. The normalized spacial score (nSPS) is 11.4. The number of carbonyl (C=O) groups excluding carboxylic acids is 1. The second-order valence-corrected chi connectivity index (χ2v) is 18.4. The van der Waals surface area contributed by atoms with E-state index in [2.05, 4.69) is 65.8 Å². The highest BCUT2D eigenvalue weighted by Gasteiger charge is 2.32. The standard InChI is InChI=1S/C27H42OP2.2BrH/c1-7-29(8-2,9-3)21-23-13-17-25(18-14-23)27(28)26-19-15-24(16-20-26)22-30(10-4,11-5)12-6;;/h13-20H,7-12,21-22H2,1-6H3;2*1H/q+2;;/p-2. The zero-order valence-electron chi connectivity index (χ0n) is 20.8. The van der Waals surface area contributed by atoms with Crippen molar-refractivity contribution in [1.82, 2.24) is 0 Å². The molecular weight excluding hydrogens is 562 g/mol. The molecule has 32 heavy (non-hydrogen) atoms. The molecule has 0 atom stereocenters. The lowest BCUT2D eigenvalue weighted by Gasteiger charge is -2.23. The number of halogens is 2. The SMILES string of the molecule is CC[P+](CC)(CC)Cc1ccc(C(=O)c2ccc(C[P+](CC)(CC)CC)cc2)cc1.[Br-].[Br-]. The largest absolute Gasteiger partial charge is 1.00 e. The van der Waals surface area contributed by atoms with Crippen molar-refractivity contribution in [3.05, 3.63) is 70.8 Å². The van der Waals surface area contributed by atoms with Crippen molar-refractivity contribution in [3.63, 3.8) is 0 Å². The van der Waals surface area contributed by atoms with Crippen molar-refractivity contribution in [2.75, 3.05) is 37.0 Å². The number of rotatable bonds is 12. The molecule has 0 saturated carbocycles. The average molecular weight is 604 g/mol. The molecule has 0 bridgehead atoms. The first-order valence-corrected chi connectivity index (χ1v) is 16.9. The molecule has 0 saturated heterocycles. The van der Waals surface area contributed by atoms with E-state index >= 15 is 0 Å². The van der Waals surface area contributed by atoms with Gasteiger partial charge in [0.1, 0.15) is 0 Å².